The average Bonchev–Trinajstić information content (AvgIpc) is 2.48. The number of nitrogens with one attached hydrogen (secondary N) is 1. The fraction of sp³-hybridized carbons (Fsp3) is 0.250. The third-order valence-electron chi connectivity index (χ3n) is 3.54. The number of thioether (sulfide) groups is 1. The van der Waals surface area contributed by atoms with Crippen LogP contribution in [-0.4, -0.2) is 10.9 Å². The van der Waals surface area contributed by atoms with Gasteiger partial charge in [0.1, 0.15) is 11.6 Å². The lowest BCUT2D eigenvalue weighted by atomic mass is 10.0. The monoisotopic (exact) mass is 289 g/mol. The Kier molecular flexibility index (Phi) is 3.94. The number of phenols is 1. The van der Waals surface area contributed by atoms with Gasteiger partial charge in [-0.3, -0.25) is 0 Å². The van der Waals surface area contributed by atoms with E-state index in [1.165, 1.54) is 28.7 Å². The number of phenolic OH excluding ortho intramolecular Hbond substituents is 1. The van der Waals surface area contributed by atoms with Crippen molar-refractivity contribution in [3.63, 3.8) is 0 Å². The molecule has 3 rings (SSSR count). The molecule has 0 spiro atoms. The molecule has 0 aromatic heterocycles. The van der Waals surface area contributed by atoms with Crippen LogP contribution >= 0.6 is 11.8 Å². The zero-order chi connectivity index (χ0) is 13.9. The van der Waals surface area contributed by atoms with Gasteiger partial charge in [-0.1, -0.05) is 18.2 Å². The number of benzene rings is 2. The minimum atomic E-state index is -0.320. The van der Waals surface area contributed by atoms with E-state index in [0.29, 0.717) is 12.1 Å². The van der Waals surface area contributed by atoms with Gasteiger partial charge in [-0.2, -0.15) is 0 Å². The molecule has 1 aliphatic rings. The molecule has 2 aromatic rings. The molecule has 1 aliphatic heterocycles. The van der Waals surface area contributed by atoms with Gasteiger partial charge < -0.3 is 10.4 Å². The SMILES string of the molecule is Oc1ccc(F)cc1CNC1CCSc2ccccc21. The maximum atomic E-state index is 13.2. The third-order valence-corrected chi connectivity index (χ3v) is 4.66. The number of rotatable bonds is 3. The van der Waals surface area contributed by atoms with E-state index in [9.17, 15) is 9.50 Å². The van der Waals surface area contributed by atoms with Crippen LogP contribution < -0.4 is 5.32 Å². The van der Waals surface area contributed by atoms with Gasteiger partial charge >= 0.3 is 0 Å². The van der Waals surface area contributed by atoms with Gasteiger partial charge in [0.15, 0.2) is 0 Å². The summed E-state index contributed by atoms with van der Waals surface area (Å²) in [6.45, 7) is 0.466. The molecule has 0 saturated carbocycles. The van der Waals surface area contributed by atoms with Crippen LogP contribution in [0.2, 0.25) is 0 Å². The molecule has 1 atom stereocenters. The highest BCUT2D eigenvalue weighted by Gasteiger charge is 2.19. The van der Waals surface area contributed by atoms with Crippen molar-refractivity contribution in [2.45, 2.75) is 23.9 Å². The lowest BCUT2D eigenvalue weighted by molar-refractivity contribution is 0.450. The predicted octanol–water partition coefficient (Wildman–Crippen LogP) is 3.86. The summed E-state index contributed by atoms with van der Waals surface area (Å²) in [5, 5.41) is 13.2. The van der Waals surface area contributed by atoms with Crippen molar-refractivity contribution >= 4 is 11.8 Å². The number of hydrogen-bond acceptors (Lipinski definition) is 3. The minimum Gasteiger partial charge on any atom is -0.508 e. The van der Waals surface area contributed by atoms with Gasteiger partial charge in [0, 0.05) is 23.0 Å². The van der Waals surface area contributed by atoms with Crippen LogP contribution in [0.4, 0.5) is 4.39 Å². The summed E-state index contributed by atoms with van der Waals surface area (Å²) in [6.07, 6.45) is 1.04. The summed E-state index contributed by atoms with van der Waals surface area (Å²) in [5.74, 6) is 0.889. The van der Waals surface area contributed by atoms with Crippen molar-refractivity contribution in [3.8, 4) is 5.75 Å². The fourth-order valence-electron chi connectivity index (χ4n) is 2.48. The second-order valence-electron chi connectivity index (χ2n) is 4.88. The first kappa shape index (κ1) is 13.5. The molecule has 20 heavy (non-hydrogen) atoms. The average molecular weight is 289 g/mol. The number of fused-ring (bicyclic) bond motifs is 1. The van der Waals surface area contributed by atoms with Crippen LogP contribution in [0.5, 0.6) is 5.75 Å². The van der Waals surface area contributed by atoms with Gasteiger partial charge in [0.2, 0.25) is 0 Å². The first-order valence-electron chi connectivity index (χ1n) is 6.66. The molecule has 104 valence electrons. The molecule has 0 aliphatic carbocycles. The molecule has 0 amide bonds. The molecule has 1 heterocycles. The Balaban J connectivity index is 1.75. The Bertz CT molecular complexity index is 617. The quantitative estimate of drug-likeness (QED) is 0.900. The van der Waals surface area contributed by atoms with Crippen molar-refractivity contribution in [2.24, 2.45) is 0 Å². The Morgan fingerprint density at radius 2 is 2.10 bits per heavy atom. The highest BCUT2D eigenvalue weighted by molar-refractivity contribution is 7.99. The fourth-order valence-corrected chi connectivity index (χ4v) is 3.61. The molecule has 2 nitrogen and oxygen atoms in total. The summed E-state index contributed by atoms with van der Waals surface area (Å²) in [6, 6.07) is 12.7. The van der Waals surface area contributed by atoms with Crippen LogP contribution in [0.15, 0.2) is 47.4 Å². The van der Waals surface area contributed by atoms with E-state index in [1.54, 1.807) is 0 Å². The Labute approximate surface area is 122 Å². The lowest BCUT2D eigenvalue weighted by Gasteiger charge is -2.26. The predicted molar refractivity (Wildman–Crippen MR) is 79.4 cm³/mol. The zero-order valence-corrected chi connectivity index (χ0v) is 11.8. The van der Waals surface area contributed by atoms with Crippen molar-refractivity contribution < 1.29 is 9.50 Å². The molecule has 4 heteroatoms. The summed E-state index contributed by atoms with van der Waals surface area (Å²) in [5.41, 5.74) is 1.89. The van der Waals surface area contributed by atoms with Gasteiger partial charge in [0.25, 0.3) is 0 Å². The molecule has 0 fully saturated rings. The van der Waals surface area contributed by atoms with Crippen LogP contribution in [0.25, 0.3) is 0 Å². The molecule has 2 aromatic carbocycles. The first-order chi connectivity index (χ1) is 9.74. The van der Waals surface area contributed by atoms with E-state index in [4.69, 9.17) is 0 Å². The Morgan fingerprint density at radius 3 is 3.00 bits per heavy atom. The topological polar surface area (TPSA) is 32.3 Å². The minimum absolute atomic E-state index is 0.136. The maximum absolute atomic E-state index is 13.2. The van der Waals surface area contributed by atoms with Crippen LogP contribution in [0, 0.1) is 5.82 Å². The van der Waals surface area contributed by atoms with Gasteiger partial charge in [-0.15, -0.1) is 11.8 Å². The maximum Gasteiger partial charge on any atom is 0.123 e. The summed E-state index contributed by atoms with van der Waals surface area (Å²) in [4.78, 5) is 1.31. The van der Waals surface area contributed by atoms with Crippen molar-refractivity contribution in [2.75, 3.05) is 5.75 Å². The molecule has 0 bridgehead atoms. The van der Waals surface area contributed by atoms with Gasteiger partial charge in [-0.25, -0.2) is 4.39 Å². The van der Waals surface area contributed by atoms with E-state index in [0.717, 1.165) is 12.2 Å². The van der Waals surface area contributed by atoms with E-state index >= 15 is 0 Å². The molecule has 1 unspecified atom stereocenters. The van der Waals surface area contributed by atoms with Crippen molar-refractivity contribution in [1.29, 1.82) is 0 Å². The van der Waals surface area contributed by atoms with E-state index < -0.39 is 0 Å². The second kappa shape index (κ2) is 5.85. The van der Waals surface area contributed by atoms with E-state index in [-0.39, 0.29) is 17.6 Å². The molecule has 2 N–H and O–H groups in total. The summed E-state index contributed by atoms with van der Waals surface area (Å²) >= 11 is 1.87. The second-order valence-corrected chi connectivity index (χ2v) is 6.02. The molecule has 0 saturated heterocycles. The Hall–Kier alpha value is -1.52. The normalized spacial score (nSPS) is 17.8. The summed E-state index contributed by atoms with van der Waals surface area (Å²) < 4.78 is 13.2. The van der Waals surface area contributed by atoms with Gasteiger partial charge in [-0.05, 0) is 42.0 Å². The van der Waals surface area contributed by atoms with Crippen LogP contribution in [0.3, 0.4) is 0 Å². The number of halogens is 1. The van der Waals surface area contributed by atoms with Crippen LogP contribution in [0.1, 0.15) is 23.6 Å². The van der Waals surface area contributed by atoms with E-state index in [1.807, 2.05) is 23.9 Å². The first-order valence-corrected chi connectivity index (χ1v) is 7.65. The third kappa shape index (κ3) is 2.81. The van der Waals surface area contributed by atoms with Gasteiger partial charge in [0.05, 0.1) is 0 Å². The highest BCUT2D eigenvalue weighted by atomic mass is 32.2. The van der Waals surface area contributed by atoms with Crippen molar-refractivity contribution in [3.05, 3.63) is 59.4 Å². The lowest BCUT2D eigenvalue weighted by Crippen LogP contribution is -2.24. The molecular weight excluding hydrogens is 273 g/mol. The largest absolute Gasteiger partial charge is 0.508 e. The molecule has 0 radical (unpaired) electrons. The van der Waals surface area contributed by atoms with Crippen LogP contribution in [-0.2, 0) is 6.54 Å². The number of aromatic hydroxyl groups is 1. The standard InChI is InChI=1S/C16H16FNOS/c17-12-5-6-15(19)11(9-12)10-18-14-7-8-20-16-4-2-1-3-13(14)16/h1-6,9,14,18-19H,7-8,10H2. The molecular formula is C16H16FNOS. The highest BCUT2D eigenvalue weighted by Crippen LogP contribution is 2.36. The van der Waals surface area contributed by atoms with Crippen molar-refractivity contribution in [1.82, 2.24) is 5.32 Å². The smallest absolute Gasteiger partial charge is 0.123 e. The Morgan fingerprint density at radius 1 is 1.25 bits per heavy atom. The summed E-state index contributed by atoms with van der Waals surface area (Å²) in [7, 11) is 0. The zero-order valence-electron chi connectivity index (χ0n) is 11.0. The van der Waals surface area contributed by atoms with E-state index in [2.05, 4.69) is 17.4 Å². The number of hydrogen-bond donors (Lipinski definition) is 2.